The molecule has 0 atom stereocenters. The number of hydrogen-bond donors (Lipinski definition) is 2. The minimum Gasteiger partial charge on any atom is -0.352 e. The monoisotopic (exact) mass is 393 g/mol. The molecule has 142 valence electrons. The van der Waals surface area contributed by atoms with Gasteiger partial charge in [0, 0.05) is 29.0 Å². The van der Waals surface area contributed by atoms with Gasteiger partial charge >= 0.3 is 0 Å². The van der Waals surface area contributed by atoms with E-state index >= 15 is 0 Å². The van der Waals surface area contributed by atoms with Crippen LogP contribution < -0.4 is 10.6 Å². The Hall–Kier alpha value is -3.18. The zero-order valence-electron chi connectivity index (χ0n) is 15.4. The van der Waals surface area contributed by atoms with Gasteiger partial charge in [0.2, 0.25) is 0 Å². The normalized spacial score (nSPS) is 10.4. The highest BCUT2D eigenvalue weighted by Gasteiger charge is 2.07. The summed E-state index contributed by atoms with van der Waals surface area (Å²) in [6.07, 6.45) is 2.22. The fourth-order valence-electron chi connectivity index (χ4n) is 2.68. The van der Waals surface area contributed by atoms with Gasteiger partial charge in [-0.25, -0.2) is 4.98 Å². The lowest BCUT2D eigenvalue weighted by atomic mass is 10.1. The molecule has 0 aliphatic carbocycles. The zero-order chi connectivity index (χ0) is 19.9. The van der Waals surface area contributed by atoms with Gasteiger partial charge in [0.25, 0.3) is 5.91 Å². The molecule has 0 aliphatic rings. The second kappa shape index (κ2) is 9.15. The van der Waals surface area contributed by atoms with Crippen LogP contribution in [0.4, 0.5) is 11.5 Å². The van der Waals surface area contributed by atoms with E-state index in [2.05, 4.69) is 15.6 Å². The van der Waals surface area contributed by atoms with Gasteiger partial charge in [-0.2, -0.15) is 0 Å². The van der Waals surface area contributed by atoms with Crippen molar-refractivity contribution in [2.45, 2.75) is 13.3 Å². The maximum absolute atomic E-state index is 12.3. The molecule has 1 aromatic heterocycles. The Morgan fingerprint density at radius 3 is 2.54 bits per heavy atom. The number of ketones is 1. The van der Waals surface area contributed by atoms with Crippen molar-refractivity contribution in [2.75, 3.05) is 11.9 Å². The van der Waals surface area contributed by atoms with E-state index in [0.29, 0.717) is 34.9 Å². The summed E-state index contributed by atoms with van der Waals surface area (Å²) in [5, 5.41) is 6.69. The minimum atomic E-state index is -0.181. The minimum absolute atomic E-state index is 0.00130. The number of carbonyl (C=O) groups excluding carboxylic acids is 2. The van der Waals surface area contributed by atoms with E-state index in [9.17, 15) is 9.59 Å². The van der Waals surface area contributed by atoms with E-state index in [-0.39, 0.29) is 11.7 Å². The first-order valence-corrected chi connectivity index (χ1v) is 9.26. The molecule has 28 heavy (non-hydrogen) atoms. The van der Waals surface area contributed by atoms with E-state index in [1.165, 1.54) is 13.1 Å². The highest BCUT2D eigenvalue weighted by Crippen LogP contribution is 2.17. The van der Waals surface area contributed by atoms with Gasteiger partial charge in [0.1, 0.15) is 5.82 Å². The molecular weight excluding hydrogens is 374 g/mol. The molecule has 2 N–H and O–H groups in total. The average molecular weight is 394 g/mol. The molecule has 3 rings (SSSR count). The molecule has 6 heteroatoms. The van der Waals surface area contributed by atoms with Gasteiger partial charge in [0.15, 0.2) is 5.78 Å². The lowest BCUT2D eigenvalue weighted by Gasteiger charge is -2.08. The van der Waals surface area contributed by atoms with E-state index in [1.54, 1.807) is 30.3 Å². The van der Waals surface area contributed by atoms with Gasteiger partial charge < -0.3 is 10.6 Å². The molecule has 3 aromatic rings. The second-order valence-electron chi connectivity index (χ2n) is 6.33. The SMILES string of the molecule is CC(=O)c1cccc(Nc2ccc(C(=O)NCCc3cccc(Cl)c3)cn2)c1. The Bertz CT molecular complexity index is 987. The number of Topliss-reactive ketones (excluding diaryl/α,β-unsaturated/α-hetero) is 1. The summed E-state index contributed by atoms with van der Waals surface area (Å²) in [7, 11) is 0. The summed E-state index contributed by atoms with van der Waals surface area (Å²) < 4.78 is 0. The number of rotatable bonds is 7. The highest BCUT2D eigenvalue weighted by molar-refractivity contribution is 6.30. The standard InChI is InChI=1S/C22H20ClN3O2/c1-15(27)17-5-3-7-20(13-17)26-21-9-8-18(14-25-21)22(28)24-11-10-16-4-2-6-19(23)12-16/h2-9,12-14H,10-11H2,1H3,(H,24,28)(H,25,26). The van der Waals surface area contributed by atoms with Crippen molar-refractivity contribution in [3.05, 3.63) is 88.6 Å². The molecule has 0 bridgehead atoms. The number of carbonyl (C=O) groups is 2. The van der Waals surface area contributed by atoms with Crippen LogP contribution in [0.1, 0.15) is 33.2 Å². The van der Waals surface area contributed by atoms with Crippen LogP contribution in [0, 0.1) is 0 Å². The van der Waals surface area contributed by atoms with Gasteiger partial charge in [-0.3, -0.25) is 9.59 Å². The molecule has 0 fully saturated rings. The molecule has 0 radical (unpaired) electrons. The summed E-state index contributed by atoms with van der Waals surface area (Å²) in [5.74, 6) is 0.414. The van der Waals surface area contributed by atoms with Crippen LogP contribution in [0.2, 0.25) is 5.02 Å². The van der Waals surface area contributed by atoms with E-state index in [0.717, 1.165) is 11.3 Å². The summed E-state index contributed by atoms with van der Waals surface area (Å²) >= 11 is 5.96. The summed E-state index contributed by atoms with van der Waals surface area (Å²) in [5.41, 5.74) is 2.94. The number of benzene rings is 2. The van der Waals surface area contributed by atoms with Gasteiger partial charge in [-0.05, 0) is 55.3 Å². The molecular formula is C22H20ClN3O2. The quantitative estimate of drug-likeness (QED) is 0.573. The van der Waals surface area contributed by atoms with Crippen LogP contribution in [-0.2, 0) is 6.42 Å². The summed E-state index contributed by atoms with van der Waals surface area (Å²) in [6.45, 7) is 2.04. The number of pyridine rings is 1. The third-order valence-electron chi connectivity index (χ3n) is 4.16. The molecule has 1 heterocycles. The Balaban J connectivity index is 1.55. The summed E-state index contributed by atoms with van der Waals surface area (Å²) in [6, 6.07) is 18.2. The Morgan fingerprint density at radius 2 is 1.82 bits per heavy atom. The number of amides is 1. The Kier molecular flexibility index (Phi) is 6.40. The lowest BCUT2D eigenvalue weighted by Crippen LogP contribution is -2.25. The fraction of sp³-hybridized carbons (Fsp3) is 0.136. The van der Waals surface area contributed by atoms with Crippen molar-refractivity contribution in [3.63, 3.8) is 0 Å². The second-order valence-corrected chi connectivity index (χ2v) is 6.77. The van der Waals surface area contributed by atoms with Gasteiger partial charge in [-0.1, -0.05) is 35.9 Å². The molecule has 0 aliphatic heterocycles. The first-order chi connectivity index (χ1) is 13.5. The molecule has 5 nitrogen and oxygen atoms in total. The van der Waals surface area contributed by atoms with Crippen molar-refractivity contribution in [1.29, 1.82) is 0 Å². The van der Waals surface area contributed by atoms with Crippen LogP contribution in [0.15, 0.2) is 66.9 Å². The lowest BCUT2D eigenvalue weighted by molar-refractivity contribution is 0.0952. The van der Waals surface area contributed by atoms with Crippen molar-refractivity contribution in [1.82, 2.24) is 10.3 Å². The predicted octanol–water partition coefficient (Wildman–Crippen LogP) is 4.65. The van der Waals surface area contributed by atoms with Gasteiger partial charge in [0.05, 0.1) is 5.56 Å². The van der Waals surface area contributed by atoms with Crippen LogP contribution >= 0.6 is 11.6 Å². The van der Waals surface area contributed by atoms with E-state index in [4.69, 9.17) is 11.6 Å². The van der Waals surface area contributed by atoms with Crippen LogP contribution in [-0.4, -0.2) is 23.2 Å². The number of nitrogens with zero attached hydrogens (tertiary/aromatic N) is 1. The molecule has 1 amide bonds. The number of nitrogens with one attached hydrogen (secondary N) is 2. The molecule has 0 saturated carbocycles. The maximum atomic E-state index is 12.3. The number of aromatic nitrogens is 1. The van der Waals surface area contributed by atoms with E-state index in [1.807, 2.05) is 30.3 Å². The number of halogens is 1. The first-order valence-electron chi connectivity index (χ1n) is 8.88. The Labute approximate surface area is 168 Å². The maximum Gasteiger partial charge on any atom is 0.252 e. The third-order valence-corrected chi connectivity index (χ3v) is 4.39. The van der Waals surface area contributed by atoms with E-state index < -0.39 is 0 Å². The third kappa shape index (κ3) is 5.41. The zero-order valence-corrected chi connectivity index (χ0v) is 16.2. The van der Waals surface area contributed by atoms with Crippen LogP contribution in [0.25, 0.3) is 0 Å². The van der Waals surface area contributed by atoms with Crippen molar-refractivity contribution in [2.24, 2.45) is 0 Å². The van der Waals surface area contributed by atoms with Crippen molar-refractivity contribution < 1.29 is 9.59 Å². The van der Waals surface area contributed by atoms with Crippen molar-refractivity contribution >= 4 is 34.8 Å². The largest absolute Gasteiger partial charge is 0.352 e. The molecule has 0 spiro atoms. The fourth-order valence-corrected chi connectivity index (χ4v) is 2.89. The Morgan fingerprint density at radius 1 is 1.00 bits per heavy atom. The van der Waals surface area contributed by atoms with Crippen LogP contribution in [0.5, 0.6) is 0 Å². The topological polar surface area (TPSA) is 71.1 Å². The van der Waals surface area contributed by atoms with Crippen molar-refractivity contribution in [3.8, 4) is 0 Å². The van der Waals surface area contributed by atoms with Crippen LogP contribution in [0.3, 0.4) is 0 Å². The number of hydrogen-bond acceptors (Lipinski definition) is 4. The highest BCUT2D eigenvalue weighted by atomic mass is 35.5. The smallest absolute Gasteiger partial charge is 0.252 e. The first kappa shape index (κ1) is 19.6. The average Bonchev–Trinajstić information content (AvgIpc) is 2.69. The predicted molar refractivity (Wildman–Crippen MR) is 111 cm³/mol. The summed E-state index contributed by atoms with van der Waals surface area (Å²) in [4.78, 5) is 28.0. The molecule has 2 aromatic carbocycles. The van der Waals surface area contributed by atoms with Gasteiger partial charge in [-0.15, -0.1) is 0 Å². The number of anilines is 2. The molecule has 0 unspecified atom stereocenters. The molecule has 0 saturated heterocycles.